The zero-order chi connectivity index (χ0) is 37.7. The van der Waals surface area contributed by atoms with Crippen molar-refractivity contribution in [3.63, 3.8) is 0 Å². The highest BCUT2D eigenvalue weighted by Crippen LogP contribution is 2.39. The maximum absolute atomic E-state index is 15.2. The van der Waals surface area contributed by atoms with Crippen molar-refractivity contribution in [3.05, 3.63) is 137 Å². The number of hydrogen-bond donors (Lipinski definition) is 1. The molecule has 0 saturated carbocycles. The number of benzene rings is 4. The first-order valence-electron chi connectivity index (χ1n) is 19.5. The number of phenols is 1. The molecule has 0 radical (unpaired) electrons. The van der Waals surface area contributed by atoms with E-state index in [4.69, 9.17) is 4.74 Å². The number of nitrogens with zero attached hydrogens (tertiary/aromatic N) is 5. The van der Waals surface area contributed by atoms with Crippen molar-refractivity contribution < 1.29 is 19.4 Å². The summed E-state index contributed by atoms with van der Waals surface area (Å²) in [6.45, 7) is 7.41. The summed E-state index contributed by atoms with van der Waals surface area (Å²) in [6.07, 6.45) is 5.52. The molecule has 4 aromatic carbocycles. The summed E-state index contributed by atoms with van der Waals surface area (Å²) in [4.78, 5) is 36.5. The van der Waals surface area contributed by atoms with Crippen molar-refractivity contribution in [1.29, 1.82) is 0 Å². The van der Waals surface area contributed by atoms with E-state index in [9.17, 15) is 5.11 Å². The molecule has 9 rings (SSSR count). The number of aryl methyl sites for hydroxylation is 1. The molecule has 0 bridgehead atoms. The molecule has 0 unspecified atom stereocenters. The Morgan fingerprint density at radius 1 is 0.821 bits per heavy atom. The van der Waals surface area contributed by atoms with Gasteiger partial charge in [-0.15, -0.1) is 12.4 Å². The Hall–Kier alpha value is -5.35. The lowest BCUT2D eigenvalue weighted by Crippen LogP contribution is -2.60. The average molecular weight is 770 g/mol. The molecule has 0 aliphatic carbocycles. The van der Waals surface area contributed by atoms with E-state index in [2.05, 4.69) is 56.2 Å². The van der Waals surface area contributed by atoms with Gasteiger partial charge in [0, 0.05) is 90.8 Å². The van der Waals surface area contributed by atoms with Gasteiger partial charge in [-0.05, 0) is 104 Å². The van der Waals surface area contributed by atoms with E-state index in [0.29, 0.717) is 36.6 Å². The number of carbonyl (C=O) groups excluding carboxylic acids is 2. The second kappa shape index (κ2) is 15.3. The zero-order valence-corrected chi connectivity index (χ0v) is 32.8. The van der Waals surface area contributed by atoms with Crippen LogP contribution in [0.1, 0.15) is 57.3 Å². The molecule has 288 valence electrons. The number of anilines is 2. The van der Waals surface area contributed by atoms with Gasteiger partial charge in [0.1, 0.15) is 5.75 Å². The smallest absolute Gasteiger partial charge is 0.264 e. The van der Waals surface area contributed by atoms with E-state index in [-0.39, 0.29) is 30.0 Å². The summed E-state index contributed by atoms with van der Waals surface area (Å²) in [5.74, 6) is -0.00733. The molecular formula is C46H48ClN5O4. The molecule has 1 saturated heterocycles. The van der Waals surface area contributed by atoms with Gasteiger partial charge in [-0.1, -0.05) is 42.5 Å². The first-order chi connectivity index (χ1) is 26.8. The fraction of sp³-hybridized carbons (Fsp3) is 0.304. The number of ether oxygens (including phenoxy) is 1. The van der Waals surface area contributed by atoms with Gasteiger partial charge in [-0.25, -0.2) is 0 Å². The van der Waals surface area contributed by atoms with Gasteiger partial charge in [0.05, 0.1) is 24.3 Å². The van der Waals surface area contributed by atoms with Crippen LogP contribution in [-0.4, -0.2) is 74.2 Å². The van der Waals surface area contributed by atoms with Gasteiger partial charge < -0.3 is 23.9 Å². The van der Waals surface area contributed by atoms with E-state index < -0.39 is 5.54 Å². The molecule has 6 aromatic rings. The topological polar surface area (TPSA) is 83.2 Å². The van der Waals surface area contributed by atoms with Gasteiger partial charge >= 0.3 is 0 Å². The molecule has 2 aromatic heterocycles. The second-order valence-electron chi connectivity index (χ2n) is 15.6. The number of phenolic OH excluding ortho intramolecular Hbond substituents is 1. The molecule has 9 nitrogen and oxygen atoms in total. The lowest BCUT2D eigenvalue weighted by molar-refractivity contribution is -0.00365. The Bertz CT molecular complexity index is 2410. The number of fused-ring (bicyclic) bond motifs is 3. The molecule has 1 fully saturated rings. The second-order valence-corrected chi connectivity index (χ2v) is 15.6. The molecule has 10 heteroatoms. The minimum atomic E-state index is -0.430. The van der Waals surface area contributed by atoms with E-state index in [0.717, 1.165) is 85.4 Å². The van der Waals surface area contributed by atoms with Crippen molar-refractivity contribution in [2.24, 2.45) is 7.05 Å². The fourth-order valence-electron chi connectivity index (χ4n) is 9.09. The van der Waals surface area contributed by atoms with Crippen LogP contribution in [0, 0.1) is 0 Å². The number of aromatic hydroxyl groups is 1. The third-order valence-corrected chi connectivity index (χ3v) is 11.9. The van der Waals surface area contributed by atoms with Crippen LogP contribution >= 0.6 is 12.4 Å². The third-order valence-electron chi connectivity index (χ3n) is 11.9. The lowest BCUT2D eigenvalue weighted by atomic mass is 9.82. The number of morpholine rings is 1. The van der Waals surface area contributed by atoms with Crippen LogP contribution < -0.4 is 4.90 Å². The number of aromatic nitrogens is 2. The number of amides is 2. The number of halogens is 1. The van der Waals surface area contributed by atoms with Crippen LogP contribution in [0.4, 0.5) is 11.4 Å². The van der Waals surface area contributed by atoms with Crippen LogP contribution in [0.3, 0.4) is 0 Å². The quantitative estimate of drug-likeness (QED) is 0.177. The Kier molecular flexibility index (Phi) is 10.3. The normalized spacial score (nSPS) is 18.2. The van der Waals surface area contributed by atoms with Crippen molar-refractivity contribution in [2.75, 3.05) is 37.7 Å². The molecule has 1 atom stereocenters. The SMILES string of the molecule is Cl.Cn1ccc2cc(N(C(=O)c3cc(-c4ccccc4C(=O)N4Cc5ccccc5C[C@@]4(C)CN4CCOCC4)n4c3CCCC4)c3ccc(O)cc3)ccc21. The summed E-state index contributed by atoms with van der Waals surface area (Å²) in [6, 6.07) is 33.4. The maximum atomic E-state index is 15.2. The van der Waals surface area contributed by atoms with Crippen LogP contribution in [0.25, 0.3) is 22.2 Å². The summed E-state index contributed by atoms with van der Waals surface area (Å²) < 4.78 is 10.0. The Morgan fingerprint density at radius 3 is 2.36 bits per heavy atom. The average Bonchev–Trinajstić information content (AvgIpc) is 3.78. The summed E-state index contributed by atoms with van der Waals surface area (Å²) in [5.41, 5.74) is 8.51. The van der Waals surface area contributed by atoms with Gasteiger partial charge in [0.2, 0.25) is 0 Å². The summed E-state index contributed by atoms with van der Waals surface area (Å²) in [7, 11) is 2.01. The van der Waals surface area contributed by atoms with Crippen LogP contribution in [0.2, 0.25) is 0 Å². The van der Waals surface area contributed by atoms with Crippen molar-refractivity contribution in [3.8, 4) is 17.0 Å². The Labute approximate surface area is 334 Å². The lowest BCUT2D eigenvalue weighted by Gasteiger charge is -2.48. The van der Waals surface area contributed by atoms with Gasteiger partial charge in [0.25, 0.3) is 11.8 Å². The monoisotopic (exact) mass is 769 g/mol. The van der Waals surface area contributed by atoms with Gasteiger partial charge in [-0.2, -0.15) is 0 Å². The number of hydrogen-bond acceptors (Lipinski definition) is 5. The molecule has 2 amide bonds. The predicted molar refractivity (Wildman–Crippen MR) is 223 cm³/mol. The standard InChI is InChI=1S/C46H47N5O4.ClH/c1-46(31-48-23-25-55-26-24-48)29-33-9-3-4-10-34(33)30-50(46)44(53)39-12-6-5-11-38(39)43-28-40(42-13-7-8-21-49(42)43)45(54)51(35-14-17-37(52)18-15-35)36-16-19-41-32(27-36)20-22-47(41)2;/h3-6,9-12,14-20,22,27-28,52H,7-8,13,21,23-26,29-31H2,1-2H3;1H/t46-;/m0./s1. The van der Waals surface area contributed by atoms with Crippen LogP contribution in [0.15, 0.2) is 109 Å². The highest BCUT2D eigenvalue weighted by molar-refractivity contribution is 6.13. The van der Waals surface area contributed by atoms with E-state index >= 15 is 9.59 Å². The molecule has 56 heavy (non-hydrogen) atoms. The van der Waals surface area contributed by atoms with Crippen molar-refractivity contribution in [2.45, 2.75) is 51.2 Å². The first-order valence-corrected chi connectivity index (χ1v) is 19.5. The highest BCUT2D eigenvalue weighted by Gasteiger charge is 2.42. The van der Waals surface area contributed by atoms with Crippen molar-refractivity contribution in [1.82, 2.24) is 18.9 Å². The summed E-state index contributed by atoms with van der Waals surface area (Å²) >= 11 is 0. The fourth-order valence-corrected chi connectivity index (χ4v) is 9.09. The Morgan fingerprint density at radius 2 is 1.55 bits per heavy atom. The highest BCUT2D eigenvalue weighted by atomic mass is 35.5. The molecule has 3 aliphatic heterocycles. The first kappa shape index (κ1) is 37.6. The van der Waals surface area contributed by atoms with E-state index in [1.54, 1.807) is 29.2 Å². The number of carbonyl (C=O) groups is 2. The Balaban J connectivity index is 0.00000441. The van der Waals surface area contributed by atoms with Gasteiger partial charge in [0.15, 0.2) is 0 Å². The molecular weight excluding hydrogens is 722 g/mol. The predicted octanol–water partition coefficient (Wildman–Crippen LogP) is 8.38. The molecule has 3 aliphatic rings. The largest absolute Gasteiger partial charge is 0.508 e. The van der Waals surface area contributed by atoms with Crippen LogP contribution in [-0.2, 0) is 37.7 Å². The maximum Gasteiger partial charge on any atom is 0.264 e. The zero-order valence-electron chi connectivity index (χ0n) is 32.0. The van der Waals surface area contributed by atoms with Gasteiger partial charge in [-0.3, -0.25) is 19.4 Å². The van der Waals surface area contributed by atoms with Crippen molar-refractivity contribution >= 4 is 46.5 Å². The van der Waals surface area contributed by atoms with Crippen LogP contribution in [0.5, 0.6) is 5.75 Å². The third kappa shape index (κ3) is 6.78. The van der Waals surface area contributed by atoms with E-state index in [1.807, 2.05) is 61.8 Å². The molecule has 0 spiro atoms. The number of rotatable bonds is 7. The minimum Gasteiger partial charge on any atom is -0.508 e. The summed E-state index contributed by atoms with van der Waals surface area (Å²) in [5, 5.41) is 11.2. The minimum absolute atomic E-state index is 0. The molecule has 1 N–H and O–H groups in total. The van der Waals surface area contributed by atoms with E-state index in [1.165, 1.54) is 11.1 Å². The molecule has 5 heterocycles.